The van der Waals surface area contributed by atoms with Gasteiger partial charge in [-0.25, -0.2) is 0 Å². The topological polar surface area (TPSA) is 12.0 Å². The number of nitrogens with one attached hydrogen (secondary N) is 1. The molecule has 2 rings (SSSR count). The summed E-state index contributed by atoms with van der Waals surface area (Å²) in [4.78, 5) is 0. The zero-order valence-corrected chi connectivity index (χ0v) is 9.05. The van der Waals surface area contributed by atoms with Crippen LogP contribution in [0, 0.1) is 11.8 Å². The van der Waals surface area contributed by atoms with Gasteiger partial charge < -0.3 is 5.32 Å². The number of hydrogen-bond acceptors (Lipinski definition) is 1. The Morgan fingerprint density at radius 2 is 1.85 bits per heavy atom. The molecule has 0 aromatic carbocycles. The van der Waals surface area contributed by atoms with E-state index in [1.165, 1.54) is 38.5 Å². The van der Waals surface area contributed by atoms with E-state index in [4.69, 9.17) is 0 Å². The first-order valence-corrected chi connectivity index (χ1v) is 6.12. The van der Waals surface area contributed by atoms with Gasteiger partial charge >= 0.3 is 0 Å². The van der Waals surface area contributed by atoms with Crippen LogP contribution in [0.5, 0.6) is 0 Å². The third-order valence-electron chi connectivity index (χ3n) is 4.23. The van der Waals surface area contributed by atoms with Crippen molar-refractivity contribution < 1.29 is 0 Å². The normalized spacial score (nSPS) is 44.8. The van der Waals surface area contributed by atoms with E-state index in [1.807, 2.05) is 0 Å². The fourth-order valence-corrected chi connectivity index (χ4v) is 3.58. The van der Waals surface area contributed by atoms with E-state index in [2.05, 4.69) is 19.2 Å². The maximum absolute atomic E-state index is 3.84. The predicted molar refractivity (Wildman–Crippen MR) is 56.7 cm³/mol. The van der Waals surface area contributed by atoms with Crippen LogP contribution < -0.4 is 5.32 Å². The second-order valence-electron chi connectivity index (χ2n) is 4.81. The van der Waals surface area contributed by atoms with E-state index in [1.54, 1.807) is 0 Å². The van der Waals surface area contributed by atoms with Gasteiger partial charge in [0.15, 0.2) is 0 Å². The summed E-state index contributed by atoms with van der Waals surface area (Å²) < 4.78 is 0. The summed E-state index contributed by atoms with van der Waals surface area (Å²) in [5, 5.41) is 3.84. The van der Waals surface area contributed by atoms with Crippen molar-refractivity contribution in [3.63, 3.8) is 0 Å². The molecule has 76 valence electrons. The Balaban J connectivity index is 2.05. The summed E-state index contributed by atoms with van der Waals surface area (Å²) in [5.74, 6) is 2.00. The molecule has 1 aliphatic heterocycles. The Morgan fingerprint density at radius 1 is 1.08 bits per heavy atom. The highest BCUT2D eigenvalue weighted by molar-refractivity contribution is 4.97. The van der Waals surface area contributed by atoms with Crippen molar-refractivity contribution in [3.8, 4) is 0 Å². The third kappa shape index (κ3) is 1.63. The van der Waals surface area contributed by atoms with Crippen LogP contribution in [0.15, 0.2) is 0 Å². The van der Waals surface area contributed by atoms with Gasteiger partial charge in [0.05, 0.1) is 0 Å². The van der Waals surface area contributed by atoms with Gasteiger partial charge in [0, 0.05) is 12.1 Å². The van der Waals surface area contributed by atoms with Crippen molar-refractivity contribution in [3.05, 3.63) is 0 Å². The van der Waals surface area contributed by atoms with Crippen molar-refractivity contribution in [1.29, 1.82) is 0 Å². The SMILES string of the molecule is CCC1NC2CCCCC2C1CC. The molecule has 1 heteroatoms. The van der Waals surface area contributed by atoms with Crippen molar-refractivity contribution in [2.75, 3.05) is 0 Å². The average Bonchev–Trinajstić information content (AvgIpc) is 2.55. The average molecular weight is 181 g/mol. The first kappa shape index (κ1) is 9.51. The van der Waals surface area contributed by atoms with Crippen LogP contribution in [0.3, 0.4) is 0 Å². The van der Waals surface area contributed by atoms with Crippen LogP contribution in [-0.2, 0) is 0 Å². The Labute approximate surface area is 82.3 Å². The van der Waals surface area contributed by atoms with Crippen molar-refractivity contribution in [2.45, 2.75) is 64.5 Å². The van der Waals surface area contributed by atoms with E-state index in [9.17, 15) is 0 Å². The molecule has 0 aromatic rings. The fraction of sp³-hybridized carbons (Fsp3) is 1.00. The van der Waals surface area contributed by atoms with Gasteiger partial charge in [-0.3, -0.25) is 0 Å². The van der Waals surface area contributed by atoms with Crippen LogP contribution in [0.1, 0.15) is 52.4 Å². The minimum atomic E-state index is 0.832. The number of rotatable bonds is 2. The largest absolute Gasteiger partial charge is 0.311 e. The molecule has 4 unspecified atom stereocenters. The standard InChI is InChI=1S/C12H23N/c1-3-9-10-7-5-6-8-12(10)13-11(9)4-2/h9-13H,3-8H2,1-2H3. The molecule has 0 amide bonds. The molecular weight excluding hydrogens is 158 g/mol. The van der Waals surface area contributed by atoms with Crippen LogP contribution >= 0.6 is 0 Å². The van der Waals surface area contributed by atoms with Crippen LogP contribution in [0.2, 0.25) is 0 Å². The summed E-state index contributed by atoms with van der Waals surface area (Å²) in [5.41, 5.74) is 0. The van der Waals surface area contributed by atoms with Gasteiger partial charge in [-0.05, 0) is 31.1 Å². The fourth-order valence-electron chi connectivity index (χ4n) is 3.58. The van der Waals surface area contributed by atoms with Crippen LogP contribution in [0.25, 0.3) is 0 Å². The molecular formula is C12H23N. The van der Waals surface area contributed by atoms with E-state index in [-0.39, 0.29) is 0 Å². The first-order valence-electron chi connectivity index (χ1n) is 6.12. The van der Waals surface area contributed by atoms with Crippen molar-refractivity contribution >= 4 is 0 Å². The van der Waals surface area contributed by atoms with E-state index >= 15 is 0 Å². The van der Waals surface area contributed by atoms with Crippen molar-refractivity contribution in [2.24, 2.45) is 11.8 Å². The number of hydrogen-bond donors (Lipinski definition) is 1. The molecule has 1 nitrogen and oxygen atoms in total. The molecule has 1 heterocycles. The molecule has 0 radical (unpaired) electrons. The van der Waals surface area contributed by atoms with Crippen LogP contribution in [0.4, 0.5) is 0 Å². The second-order valence-corrected chi connectivity index (χ2v) is 4.81. The highest BCUT2D eigenvalue weighted by atomic mass is 15.0. The zero-order valence-electron chi connectivity index (χ0n) is 9.05. The second kappa shape index (κ2) is 4.00. The smallest absolute Gasteiger partial charge is 0.0101 e. The third-order valence-corrected chi connectivity index (χ3v) is 4.23. The Morgan fingerprint density at radius 3 is 2.54 bits per heavy atom. The highest BCUT2D eigenvalue weighted by Gasteiger charge is 2.41. The number of fused-ring (bicyclic) bond motifs is 1. The van der Waals surface area contributed by atoms with Crippen molar-refractivity contribution in [1.82, 2.24) is 5.32 Å². The highest BCUT2D eigenvalue weighted by Crippen LogP contribution is 2.39. The molecule has 2 aliphatic rings. The molecule has 1 saturated carbocycles. The Bertz CT molecular complexity index is 163. The van der Waals surface area contributed by atoms with Crippen LogP contribution in [-0.4, -0.2) is 12.1 Å². The minimum absolute atomic E-state index is 0.832. The maximum atomic E-state index is 3.84. The van der Waals surface area contributed by atoms with Gasteiger partial charge in [-0.2, -0.15) is 0 Å². The lowest BCUT2D eigenvalue weighted by Crippen LogP contribution is -2.32. The molecule has 4 atom stereocenters. The van der Waals surface area contributed by atoms with E-state index in [0.717, 1.165) is 23.9 Å². The van der Waals surface area contributed by atoms with E-state index in [0.29, 0.717) is 0 Å². The first-order chi connectivity index (χ1) is 6.36. The monoisotopic (exact) mass is 181 g/mol. The quantitative estimate of drug-likeness (QED) is 0.690. The summed E-state index contributed by atoms with van der Waals surface area (Å²) in [6.45, 7) is 4.70. The molecule has 1 aliphatic carbocycles. The summed E-state index contributed by atoms with van der Waals surface area (Å²) in [6, 6.07) is 1.71. The summed E-state index contributed by atoms with van der Waals surface area (Å²) in [6.07, 6.45) is 8.58. The molecule has 1 saturated heterocycles. The lowest BCUT2D eigenvalue weighted by Gasteiger charge is -2.28. The summed E-state index contributed by atoms with van der Waals surface area (Å²) >= 11 is 0. The lowest BCUT2D eigenvalue weighted by atomic mass is 9.77. The Hall–Kier alpha value is -0.0400. The van der Waals surface area contributed by atoms with Gasteiger partial charge in [0.2, 0.25) is 0 Å². The maximum Gasteiger partial charge on any atom is 0.0101 e. The molecule has 0 aromatic heterocycles. The molecule has 2 fully saturated rings. The zero-order chi connectivity index (χ0) is 9.26. The van der Waals surface area contributed by atoms with E-state index < -0.39 is 0 Å². The molecule has 0 spiro atoms. The van der Waals surface area contributed by atoms with Gasteiger partial charge in [0.1, 0.15) is 0 Å². The minimum Gasteiger partial charge on any atom is -0.311 e. The van der Waals surface area contributed by atoms with Gasteiger partial charge in [-0.15, -0.1) is 0 Å². The molecule has 0 bridgehead atoms. The Kier molecular flexibility index (Phi) is 2.92. The molecule has 13 heavy (non-hydrogen) atoms. The molecule has 1 N–H and O–H groups in total. The predicted octanol–water partition coefficient (Wildman–Crippen LogP) is 2.95. The lowest BCUT2D eigenvalue weighted by molar-refractivity contribution is 0.261. The summed E-state index contributed by atoms with van der Waals surface area (Å²) in [7, 11) is 0. The van der Waals surface area contributed by atoms with Gasteiger partial charge in [0.25, 0.3) is 0 Å². The van der Waals surface area contributed by atoms with Gasteiger partial charge in [-0.1, -0.05) is 33.1 Å².